The fourth-order valence-electron chi connectivity index (χ4n) is 2.35. The number of aromatic nitrogens is 1. The summed E-state index contributed by atoms with van der Waals surface area (Å²) in [5, 5.41) is 7.80. The molecule has 7 heteroatoms. The van der Waals surface area contributed by atoms with Gasteiger partial charge in [0.05, 0.1) is 12.1 Å². The summed E-state index contributed by atoms with van der Waals surface area (Å²) in [5.41, 5.74) is 1.20. The molecular formula is C18H27IN4OS. The van der Waals surface area contributed by atoms with Crippen LogP contribution in [0.4, 0.5) is 0 Å². The summed E-state index contributed by atoms with van der Waals surface area (Å²) in [6.45, 7) is 6.53. The van der Waals surface area contributed by atoms with Crippen molar-refractivity contribution < 1.29 is 4.74 Å². The Kier molecular flexibility index (Phi) is 10.5. The Balaban J connectivity index is 0.00000312. The zero-order valence-electron chi connectivity index (χ0n) is 15.0. The van der Waals surface area contributed by atoms with Gasteiger partial charge in [-0.05, 0) is 31.9 Å². The molecule has 1 aromatic heterocycles. The lowest BCUT2D eigenvalue weighted by atomic mass is 10.1. The van der Waals surface area contributed by atoms with Crippen LogP contribution in [-0.2, 0) is 12.8 Å². The average molecular weight is 474 g/mol. The van der Waals surface area contributed by atoms with E-state index in [4.69, 9.17) is 4.74 Å². The molecule has 0 unspecified atom stereocenters. The van der Waals surface area contributed by atoms with Gasteiger partial charge in [-0.25, -0.2) is 4.98 Å². The van der Waals surface area contributed by atoms with E-state index in [1.54, 1.807) is 18.4 Å². The molecule has 0 bridgehead atoms. The molecule has 25 heavy (non-hydrogen) atoms. The number of halogens is 1. The fourth-order valence-corrected chi connectivity index (χ4v) is 3.12. The topological polar surface area (TPSA) is 58.5 Å². The molecule has 0 aliphatic rings. The second-order valence-corrected chi connectivity index (χ2v) is 6.68. The molecule has 0 aliphatic carbocycles. The number of guanidine groups is 1. The van der Waals surface area contributed by atoms with Crippen molar-refractivity contribution in [2.24, 2.45) is 4.99 Å². The smallest absolute Gasteiger partial charge is 0.191 e. The van der Waals surface area contributed by atoms with Crippen molar-refractivity contribution in [3.63, 3.8) is 0 Å². The van der Waals surface area contributed by atoms with Crippen molar-refractivity contribution in [2.45, 2.75) is 26.7 Å². The summed E-state index contributed by atoms with van der Waals surface area (Å²) >= 11 is 1.74. The third-order valence-electron chi connectivity index (χ3n) is 3.49. The maximum atomic E-state index is 5.39. The second-order valence-electron chi connectivity index (χ2n) is 5.36. The van der Waals surface area contributed by atoms with Crippen LogP contribution in [0.5, 0.6) is 5.75 Å². The first-order valence-electron chi connectivity index (χ1n) is 8.28. The van der Waals surface area contributed by atoms with E-state index >= 15 is 0 Å². The zero-order chi connectivity index (χ0) is 17.2. The molecule has 2 aromatic rings. The van der Waals surface area contributed by atoms with Gasteiger partial charge >= 0.3 is 0 Å². The van der Waals surface area contributed by atoms with Gasteiger partial charge in [0, 0.05) is 37.1 Å². The minimum absolute atomic E-state index is 0. The lowest BCUT2D eigenvalue weighted by Gasteiger charge is -2.12. The van der Waals surface area contributed by atoms with Gasteiger partial charge in [-0.3, -0.25) is 4.99 Å². The number of methoxy groups -OCH3 is 1. The maximum absolute atomic E-state index is 5.39. The molecule has 0 radical (unpaired) electrons. The molecule has 0 saturated heterocycles. The number of benzene rings is 1. The second kappa shape index (κ2) is 12.1. The number of hydrogen-bond acceptors (Lipinski definition) is 4. The monoisotopic (exact) mass is 474 g/mol. The van der Waals surface area contributed by atoms with E-state index in [-0.39, 0.29) is 24.0 Å². The van der Waals surface area contributed by atoms with Crippen LogP contribution in [0.2, 0.25) is 0 Å². The molecule has 1 heterocycles. The molecular weight excluding hydrogens is 447 g/mol. The quantitative estimate of drug-likeness (QED) is 0.350. The van der Waals surface area contributed by atoms with Crippen molar-refractivity contribution in [3.8, 4) is 5.75 Å². The Bertz CT molecular complexity index is 660. The lowest BCUT2D eigenvalue weighted by Crippen LogP contribution is -2.38. The molecule has 0 spiro atoms. The van der Waals surface area contributed by atoms with Gasteiger partial charge in [0.2, 0.25) is 0 Å². The van der Waals surface area contributed by atoms with Crippen LogP contribution in [0.25, 0.3) is 0 Å². The predicted octanol–water partition coefficient (Wildman–Crippen LogP) is 3.42. The summed E-state index contributed by atoms with van der Waals surface area (Å²) in [6, 6.07) is 8.11. The van der Waals surface area contributed by atoms with Gasteiger partial charge in [-0.15, -0.1) is 35.3 Å². The Morgan fingerprint density at radius 1 is 1.24 bits per heavy atom. The number of aliphatic imine (C=N–C) groups is 1. The highest BCUT2D eigenvalue weighted by Crippen LogP contribution is 2.17. The normalized spacial score (nSPS) is 10.9. The number of hydrogen-bond donors (Lipinski definition) is 2. The summed E-state index contributed by atoms with van der Waals surface area (Å²) in [4.78, 5) is 10.2. The van der Waals surface area contributed by atoms with Crippen LogP contribution in [-0.4, -0.2) is 37.7 Å². The summed E-state index contributed by atoms with van der Waals surface area (Å²) < 4.78 is 5.39. The lowest BCUT2D eigenvalue weighted by molar-refractivity contribution is 0.409. The van der Waals surface area contributed by atoms with E-state index in [9.17, 15) is 0 Å². The van der Waals surface area contributed by atoms with E-state index in [1.807, 2.05) is 24.4 Å². The number of para-hydroxylation sites is 1. The van der Waals surface area contributed by atoms with Crippen molar-refractivity contribution >= 4 is 41.3 Å². The first-order valence-corrected chi connectivity index (χ1v) is 9.10. The number of nitrogens with zero attached hydrogens (tertiary/aromatic N) is 2. The molecule has 138 valence electrons. The minimum Gasteiger partial charge on any atom is -0.496 e. The highest BCUT2D eigenvalue weighted by Gasteiger charge is 2.03. The molecule has 0 fully saturated rings. The van der Waals surface area contributed by atoms with Crippen LogP contribution >= 0.6 is 35.3 Å². The Morgan fingerprint density at radius 2 is 2.04 bits per heavy atom. The van der Waals surface area contributed by atoms with Crippen molar-refractivity contribution in [1.82, 2.24) is 15.6 Å². The van der Waals surface area contributed by atoms with Crippen LogP contribution in [0.3, 0.4) is 0 Å². The standard InChI is InChI=1S/C18H26N4OS.HI/c1-4-19-18(21-12-10-17-22-13-14(2)24-17)20-11-9-15-7-5-6-8-16(15)23-3;/h5-8,13H,4,9-12H2,1-3H3,(H2,19,20,21);1H. The Labute approximate surface area is 171 Å². The summed E-state index contributed by atoms with van der Waals surface area (Å²) in [5.74, 6) is 1.78. The van der Waals surface area contributed by atoms with Gasteiger partial charge in [-0.2, -0.15) is 0 Å². The highest BCUT2D eigenvalue weighted by molar-refractivity contribution is 14.0. The van der Waals surface area contributed by atoms with Crippen molar-refractivity contribution in [3.05, 3.63) is 45.9 Å². The van der Waals surface area contributed by atoms with Crippen molar-refractivity contribution in [1.29, 1.82) is 0 Å². The van der Waals surface area contributed by atoms with E-state index < -0.39 is 0 Å². The van der Waals surface area contributed by atoms with Crippen molar-refractivity contribution in [2.75, 3.05) is 26.7 Å². The molecule has 0 aliphatic heterocycles. The van der Waals surface area contributed by atoms with E-state index in [0.29, 0.717) is 0 Å². The van der Waals surface area contributed by atoms with Crippen LogP contribution < -0.4 is 15.4 Å². The Morgan fingerprint density at radius 3 is 2.72 bits per heavy atom. The van der Waals surface area contributed by atoms with Gasteiger partial charge < -0.3 is 15.4 Å². The van der Waals surface area contributed by atoms with Crippen LogP contribution in [0.1, 0.15) is 22.4 Å². The highest BCUT2D eigenvalue weighted by atomic mass is 127. The fraction of sp³-hybridized carbons (Fsp3) is 0.444. The largest absolute Gasteiger partial charge is 0.496 e. The molecule has 0 saturated carbocycles. The number of thiazole rings is 1. The van der Waals surface area contributed by atoms with Gasteiger partial charge in [0.25, 0.3) is 0 Å². The molecule has 0 amide bonds. The number of nitrogens with one attached hydrogen (secondary N) is 2. The molecule has 5 nitrogen and oxygen atoms in total. The first-order chi connectivity index (χ1) is 11.7. The van der Waals surface area contributed by atoms with E-state index in [0.717, 1.165) is 49.2 Å². The molecule has 0 atom stereocenters. The molecule has 2 N–H and O–H groups in total. The summed E-state index contributed by atoms with van der Waals surface area (Å²) in [7, 11) is 1.71. The summed E-state index contributed by atoms with van der Waals surface area (Å²) in [6.07, 6.45) is 3.68. The predicted molar refractivity (Wildman–Crippen MR) is 117 cm³/mol. The first kappa shape index (κ1) is 21.7. The van der Waals surface area contributed by atoms with Crippen LogP contribution in [0, 0.1) is 6.92 Å². The third-order valence-corrected chi connectivity index (χ3v) is 4.46. The Hall–Kier alpha value is -1.35. The zero-order valence-corrected chi connectivity index (χ0v) is 18.2. The van der Waals surface area contributed by atoms with E-state index in [2.05, 4.69) is 40.5 Å². The third kappa shape index (κ3) is 7.60. The van der Waals surface area contributed by atoms with Gasteiger partial charge in [0.15, 0.2) is 5.96 Å². The number of ether oxygens (including phenoxy) is 1. The molecule has 2 rings (SSSR count). The number of aryl methyl sites for hydroxylation is 1. The van der Waals surface area contributed by atoms with Gasteiger partial charge in [0.1, 0.15) is 5.75 Å². The number of rotatable bonds is 8. The molecule has 1 aromatic carbocycles. The van der Waals surface area contributed by atoms with E-state index in [1.165, 1.54) is 10.4 Å². The van der Waals surface area contributed by atoms with Gasteiger partial charge in [-0.1, -0.05) is 18.2 Å². The van der Waals surface area contributed by atoms with Crippen LogP contribution in [0.15, 0.2) is 35.5 Å². The minimum atomic E-state index is 0. The average Bonchev–Trinajstić information content (AvgIpc) is 3.00. The maximum Gasteiger partial charge on any atom is 0.191 e. The SMILES string of the molecule is CCNC(=NCCc1ncc(C)s1)NCCc1ccccc1OC.I.